The number of nitrogens with zero attached hydrogens (tertiary/aromatic N) is 2. The van der Waals surface area contributed by atoms with Crippen molar-refractivity contribution >= 4 is 31.3 Å². The summed E-state index contributed by atoms with van der Waals surface area (Å²) >= 11 is 0. The Kier molecular flexibility index (Phi) is 4.19. The quantitative estimate of drug-likeness (QED) is 0.861. The number of rotatable bonds is 4. The van der Waals surface area contributed by atoms with Gasteiger partial charge in [0.15, 0.2) is 0 Å². The van der Waals surface area contributed by atoms with E-state index >= 15 is 0 Å². The van der Waals surface area contributed by atoms with E-state index in [4.69, 9.17) is 15.4 Å². The van der Waals surface area contributed by atoms with Crippen LogP contribution in [0.2, 0.25) is 0 Å². The molecule has 9 heteroatoms. The second-order valence-electron chi connectivity index (χ2n) is 4.18. The molecule has 21 heavy (non-hydrogen) atoms. The standard InChI is InChI=1S/C12H12ClN3O4S/c1-16-6-10(14-7-16)12(17)15-9-5-8(21(13,18)19)3-4-11(9)20-2/h3-7H,1-2H3,(H,15,17). The molecule has 0 spiro atoms. The van der Waals surface area contributed by atoms with Crippen LogP contribution < -0.4 is 10.1 Å². The van der Waals surface area contributed by atoms with Crippen LogP contribution in [0.1, 0.15) is 10.5 Å². The fourth-order valence-electron chi connectivity index (χ4n) is 1.65. The van der Waals surface area contributed by atoms with Crippen molar-refractivity contribution in [3.05, 3.63) is 36.4 Å². The third-order valence-electron chi connectivity index (χ3n) is 2.64. The summed E-state index contributed by atoms with van der Waals surface area (Å²) in [5, 5.41) is 2.54. The highest BCUT2D eigenvalue weighted by atomic mass is 35.7. The minimum atomic E-state index is -3.90. The number of imidazole rings is 1. The van der Waals surface area contributed by atoms with Crippen molar-refractivity contribution in [2.75, 3.05) is 12.4 Å². The average molecular weight is 330 g/mol. The van der Waals surface area contributed by atoms with Gasteiger partial charge in [-0.3, -0.25) is 4.79 Å². The SMILES string of the molecule is COc1ccc(S(=O)(=O)Cl)cc1NC(=O)c1cn(C)cn1. The van der Waals surface area contributed by atoms with Gasteiger partial charge >= 0.3 is 0 Å². The van der Waals surface area contributed by atoms with Crippen LogP contribution in [0.5, 0.6) is 5.75 Å². The van der Waals surface area contributed by atoms with Crippen LogP contribution in [-0.2, 0) is 16.1 Å². The van der Waals surface area contributed by atoms with Crippen LogP contribution in [0.25, 0.3) is 0 Å². The number of anilines is 1. The highest BCUT2D eigenvalue weighted by Crippen LogP contribution is 2.29. The first-order valence-electron chi connectivity index (χ1n) is 5.73. The second-order valence-corrected chi connectivity index (χ2v) is 6.74. The third kappa shape index (κ3) is 3.53. The van der Waals surface area contributed by atoms with Crippen molar-refractivity contribution < 1.29 is 17.9 Å². The number of benzene rings is 1. The third-order valence-corrected chi connectivity index (χ3v) is 3.99. The molecule has 112 valence electrons. The van der Waals surface area contributed by atoms with Gasteiger partial charge in [0, 0.05) is 23.9 Å². The van der Waals surface area contributed by atoms with E-state index in [2.05, 4.69) is 10.3 Å². The average Bonchev–Trinajstić information content (AvgIpc) is 2.84. The molecule has 0 aliphatic carbocycles. The molecule has 0 bridgehead atoms. The first kappa shape index (κ1) is 15.3. The summed E-state index contributed by atoms with van der Waals surface area (Å²) in [5.41, 5.74) is 0.383. The summed E-state index contributed by atoms with van der Waals surface area (Å²) in [5.74, 6) is -0.179. The number of amides is 1. The van der Waals surface area contributed by atoms with Crippen molar-refractivity contribution in [1.29, 1.82) is 0 Å². The van der Waals surface area contributed by atoms with Gasteiger partial charge in [0.2, 0.25) is 0 Å². The number of aromatic nitrogens is 2. The normalized spacial score (nSPS) is 11.2. The monoisotopic (exact) mass is 329 g/mol. The minimum Gasteiger partial charge on any atom is -0.495 e. The molecule has 0 saturated carbocycles. The van der Waals surface area contributed by atoms with E-state index in [0.29, 0.717) is 5.75 Å². The Morgan fingerprint density at radius 2 is 2.14 bits per heavy atom. The maximum atomic E-state index is 12.0. The van der Waals surface area contributed by atoms with Crippen LogP contribution in [-0.4, -0.2) is 31.0 Å². The number of methoxy groups -OCH3 is 1. The number of halogens is 1. The minimum absolute atomic E-state index is 0.138. The summed E-state index contributed by atoms with van der Waals surface area (Å²) in [6.07, 6.45) is 3.01. The lowest BCUT2D eigenvalue weighted by molar-refractivity contribution is 0.102. The molecular weight excluding hydrogens is 318 g/mol. The van der Waals surface area contributed by atoms with Crippen LogP contribution >= 0.6 is 10.7 Å². The Balaban J connectivity index is 2.36. The lowest BCUT2D eigenvalue weighted by atomic mass is 10.3. The van der Waals surface area contributed by atoms with Gasteiger partial charge in [0.05, 0.1) is 24.0 Å². The van der Waals surface area contributed by atoms with Crippen LogP contribution in [0, 0.1) is 0 Å². The first-order valence-corrected chi connectivity index (χ1v) is 8.04. The lowest BCUT2D eigenvalue weighted by Crippen LogP contribution is -2.13. The highest BCUT2D eigenvalue weighted by molar-refractivity contribution is 8.13. The summed E-state index contributed by atoms with van der Waals surface area (Å²) in [6, 6.07) is 3.92. The largest absolute Gasteiger partial charge is 0.495 e. The number of hydrogen-bond donors (Lipinski definition) is 1. The van der Waals surface area contributed by atoms with E-state index in [1.54, 1.807) is 11.6 Å². The van der Waals surface area contributed by atoms with E-state index in [1.165, 1.54) is 37.8 Å². The van der Waals surface area contributed by atoms with E-state index in [9.17, 15) is 13.2 Å². The zero-order chi connectivity index (χ0) is 15.6. The van der Waals surface area contributed by atoms with Crippen molar-refractivity contribution in [2.45, 2.75) is 4.90 Å². The van der Waals surface area contributed by atoms with Crippen LogP contribution in [0.3, 0.4) is 0 Å². The Bertz CT molecular complexity index is 786. The van der Waals surface area contributed by atoms with E-state index in [0.717, 1.165) is 0 Å². The fraction of sp³-hybridized carbons (Fsp3) is 0.167. The molecule has 0 aliphatic rings. The lowest BCUT2D eigenvalue weighted by Gasteiger charge is -2.10. The van der Waals surface area contributed by atoms with E-state index in [-0.39, 0.29) is 16.3 Å². The van der Waals surface area contributed by atoms with Gasteiger partial charge in [0.1, 0.15) is 11.4 Å². The molecule has 1 N–H and O–H groups in total. The zero-order valence-corrected chi connectivity index (χ0v) is 12.8. The Morgan fingerprint density at radius 1 is 1.43 bits per heavy atom. The molecule has 2 rings (SSSR count). The summed E-state index contributed by atoms with van der Waals surface area (Å²) in [6.45, 7) is 0. The molecule has 0 aliphatic heterocycles. The molecular formula is C12H12ClN3O4S. The smallest absolute Gasteiger partial charge is 0.275 e. The molecule has 1 aromatic carbocycles. The molecule has 0 unspecified atom stereocenters. The maximum absolute atomic E-state index is 12.0. The molecule has 7 nitrogen and oxygen atoms in total. The van der Waals surface area contributed by atoms with Gasteiger partial charge in [-0.2, -0.15) is 0 Å². The Morgan fingerprint density at radius 3 is 2.67 bits per heavy atom. The predicted molar refractivity (Wildman–Crippen MR) is 77.2 cm³/mol. The highest BCUT2D eigenvalue weighted by Gasteiger charge is 2.16. The van der Waals surface area contributed by atoms with Crippen molar-refractivity contribution in [2.24, 2.45) is 7.05 Å². The number of ether oxygens (including phenoxy) is 1. The van der Waals surface area contributed by atoms with Gasteiger partial charge in [-0.15, -0.1) is 0 Å². The van der Waals surface area contributed by atoms with Gasteiger partial charge in [-0.05, 0) is 18.2 Å². The number of carbonyl (C=O) groups is 1. The Hall–Kier alpha value is -2.06. The molecule has 1 amide bonds. The number of carbonyl (C=O) groups excluding carboxylic acids is 1. The van der Waals surface area contributed by atoms with Gasteiger partial charge in [0.25, 0.3) is 15.0 Å². The van der Waals surface area contributed by atoms with Gasteiger partial charge in [-0.25, -0.2) is 13.4 Å². The molecule has 0 fully saturated rings. The predicted octanol–water partition coefficient (Wildman–Crippen LogP) is 1.61. The van der Waals surface area contributed by atoms with Crippen molar-refractivity contribution in [3.63, 3.8) is 0 Å². The van der Waals surface area contributed by atoms with E-state index < -0.39 is 15.0 Å². The summed E-state index contributed by atoms with van der Waals surface area (Å²) in [4.78, 5) is 15.8. The molecule has 0 radical (unpaired) electrons. The molecule has 1 aromatic heterocycles. The maximum Gasteiger partial charge on any atom is 0.275 e. The Labute approximate surface area is 125 Å². The van der Waals surface area contributed by atoms with Crippen LogP contribution in [0.15, 0.2) is 35.6 Å². The van der Waals surface area contributed by atoms with Gasteiger partial charge in [-0.1, -0.05) is 0 Å². The van der Waals surface area contributed by atoms with E-state index in [1.807, 2.05) is 0 Å². The summed E-state index contributed by atoms with van der Waals surface area (Å²) in [7, 11) is 4.52. The van der Waals surface area contributed by atoms with Gasteiger partial charge < -0.3 is 14.6 Å². The van der Waals surface area contributed by atoms with Crippen molar-refractivity contribution in [1.82, 2.24) is 9.55 Å². The van der Waals surface area contributed by atoms with Crippen molar-refractivity contribution in [3.8, 4) is 5.75 Å². The molecule has 1 heterocycles. The topological polar surface area (TPSA) is 90.3 Å². The zero-order valence-electron chi connectivity index (χ0n) is 11.2. The second kappa shape index (κ2) is 5.74. The molecule has 0 atom stereocenters. The molecule has 0 saturated heterocycles. The fourth-order valence-corrected chi connectivity index (χ4v) is 2.43. The number of nitrogens with one attached hydrogen (secondary N) is 1. The number of aryl methyl sites for hydroxylation is 1. The number of hydrogen-bond acceptors (Lipinski definition) is 5. The molecule has 2 aromatic rings. The first-order chi connectivity index (χ1) is 9.81. The van der Waals surface area contributed by atoms with Crippen LogP contribution in [0.4, 0.5) is 5.69 Å². The summed E-state index contributed by atoms with van der Waals surface area (Å²) < 4.78 is 29.4.